The van der Waals surface area contributed by atoms with Gasteiger partial charge in [-0.1, -0.05) is 41.9 Å². The van der Waals surface area contributed by atoms with Crippen molar-refractivity contribution in [3.05, 3.63) is 63.2 Å². The van der Waals surface area contributed by atoms with Gasteiger partial charge in [-0.15, -0.1) is 0 Å². The van der Waals surface area contributed by atoms with Gasteiger partial charge in [0.1, 0.15) is 5.02 Å². The first-order chi connectivity index (χ1) is 9.11. The molecule has 0 aliphatic rings. The summed E-state index contributed by atoms with van der Waals surface area (Å²) in [6.07, 6.45) is 0.820. The first kappa shape index (κ1) is 13.5. The standard InChI is InChI=1S/C14H13ClN2O2/c15-13-6-5-12(9-14(13)17(18)19)11-3-1-10(2-4-11)7-8-16/h1-6,9H,7-8,16H2. The zero-order valence-electron chi connectivity index (χ0n) is 10.2. The minimum Gasteiger partial charge on any atom is -0.330 e. The zero-order chi connectivity index (χ0) is 13.8. The van der Waals surface area contributed by atoms with Gasteiger partial charge in [-0.25, -0.2) is 0 Å². The monoisotopic (exact) mass is 276 g/mol. The van der Waals surface area contributed by atoms with E-state index in [0.717, 1.165) is 23.1 Å². The maximum atomic E-state index is 10.9. The Labute approximate surface area is 116 Å². The second-order valence-corrected chi connectivity index (χ2v) is 4.57. The van der Waals surface area contributed by atoms with Gasteiger partial charge >= 0.3 is 0 Å². The Morgan fingerprint density at radius 2 is 1.74 bits per heavy atom. The Morgan fingerprint density at radius 3 is 2.32 bits per heavy atom. The molecule has 4 nitrogen and oxygen atoms in total. The molecule has 2 aromatic rings. The van der Waals surface area contributed by atoms with Crippen molar-refractivity contribution in [2.45, 2.75) is 6.42 Å². The molecule has 0 aliphatic heterocycles. The van der Waals surface area contributed by atoms with Crippen LogP contribution in [0.5, 0.6) is 0 Å². The molecule has 0 saturated carbocycles. The molecule has 0 spiro atoms. The van der Waals surface area contributed by atoms with Gasteiger partial charge in [0, 0.05) is 6.07 Å². The molecule has 98 valence electrons. The molecule has 0 fully saturated rings. The number of halogens is 1. The summed E-state index contributed by atoms with van der Waals surface area (Å²) >= 11 is 5.79. The van der Waals surface area contributed by atoms with Gasteiger partial charge in [0.2, 0.25) is 0 Å². The van der Waals surface area contributed by atoms with Crippen LogP contribution in [-0.2, 0) is 6.42 Å². The topological polar surface area (TPSA) is 69.2 Å². The highest BCUT2D eigenvalue weighted by Crippen LogP contribution is 2.30. The SMILES string of the molecule is NCCc1ccc(-c2ccc(Cl)c([N+](=O)[O-])c2)cc1. The fourth-order valence-corrected chi connectivity index (χ4v) is 2.05. The number of rotatable bonds is 4. The van der Waals surface area contributed by atoms with Gasteiger partial charge in [-0.3, -0.25) is 10.1 Å². The molecular formula is C14H13ClN2O2. The summed E-state index contributed by atoms with van der Waals surface area (Å²) in [5.41, 5.74) is 8.25. The Hall–Kier alpha value is -1.91. The molecule has 2 N–H and O–H groups in total. The van der Waals surface area contributed by atoms with Crippen molar-refractivity contribution >= 4 is 17.3 Å². The van der Waals surface area contributed by atoms with E-state index in [0.29, 0.717) is 6.54 Å². The molecule has 0 amide bonds. The lowest BCUT2D eigenvalue weighted by Gasteiger charge is -2.04. The van der Waals surface area contributed by atoms with Crippen LogP contribution in [0.3, 0.4) is 0 Å². The van der Waals surface area contributed by atoms with Crippen molar-refractivity contribution in [2.75, 3.05) is 6.54 Å². The summed E-state index contributed by atoms with van der Waals surface area (Å²) in [5, 5.41) is 11.0. The number of nitro groups is 1. The molecule has 0 aromatic heterocycles. The molecule has 0 aliphatic carbocycles. The summed E-state index contributed by atoms with van der Waals surface area (Å²) in [4.78, 5) is 10.4. The van der Waals surface area contributed by atoms with Crippen LogP contribution in [0.1, 0.15) is 5.56 Å². The average molecular weight is 277 g/mol. The molecule has 19 heavy (non-hydrogen) atoms. The maximum Gasteiger partial charge on any atom is 0.288 e. The van der Waals surface area contributed by atoms with E-state index in [-0.39, 0.29) is 10.7 Å². The van der Waals surface area contributed by atoms with Crippen LogP contribution in [0, 0.1) is 10.1 Å². The average Bonchev–Trinajstić information content (AvgIpc) is 2.40. The summed E-state index contributed by atoms with van der Waals surface area (Å²) in [5.74, 6) is 0. The molecule has 0 heterocycles. The van der Waals surface area contributed by atoms with Gasteiger partial charge in [-0.2, -0.15) is 0 Å². The van der Waals surface area contributed by atoms with E-state index in [9.17, 15) is 10.1 Å². The van der Waals surface area contributed by atoms with Gasteiger partial charge in [0.05, 0.1) is 4.92 Å². The van der Waals surface area contributed by atoms with Crippen molar-refractivity contribution in [1.29, 1.82) is 0 Å². The zero-order valence-corrected chi connectivity index (χ0v) is 10.9. The number of hydrogen-bond donors (Lipinski definition) is 1. The molecule has 2 aromatic carbocycles. The Balaban J connectivity index is 2.36. The first-order valence-corrected chi connectivity index (χ1v) is 6.23. The van der Waals surface area contributed by atoms with E-state index in [2.05, 4.69) is 0 Å². The number of hydrogen-bond acceptors (Lipinski definition) is 3. The lowest BCUT2D eigenvalue weighted by atomic mass is 10.0. The van der Waals surface area contributed by atoms with Crippen molar-refractivity contribution < 1.29 is 4.92 Å². The molecule has 2 rings (SSSR count). The van der Waals surface area contributed by atoms with E-state index >= 15 is 0 Å². The largest absolute Gasteiger partial charge is 0.330 e. The minimum atomic E-state index is -0.478. The van der Waals surface area contributed by atoms with Crippen LogP contribution in [0.4, 0.5) is 5.69 Å². The van der Waals surface area contributed by atoms with Gasteiger partial charge in [-0.05, 0) is 35.7 Å². The molecule has 0 atom stereocenters. The van der Waals surface area contributed by atoms with E-state index in [1.807, 2.05) is 24.3 Å². The normalized spacial score (nSPS) is 10.4. The summed E-state index contributed by atoms with van der Waals surface area (Å²) < 4.78 is 0. The molecular weight excluding hydrogens is 264 g/mol. The van der Waals surface area contributed by atoms with E-state index in [1.54, 1.807) is 12.1 Å². The highest BCUT2D eigenvalue weighted by atomic mass is 35.5. The number of benzene rings is 2. The quantitative estimate of drug-likeness (QED) is 0.687. The lowest BCUT2D eigenvalue weighted by molar-refractivity contribution is -0.384. The van der Waals surface area contributed by atoms with E-state index in [4.69, 9.17) is 17.3 Å². The Bertz CT molecular complexity index is 597. The van der Waals surface area contributed by atoms with Crippen LogP contribution in [0.15, 0.2) is 42.5 Å². The van der Waals surface area contributed by atoms with Crippen LogP contribution in [0.2, 0.25) is 5.02 Å². The van der Waals surface area contributed by atoms with Gasteiger partial charge in [0.25, 0.3) is 5.69 Å². The van der Waals surface area contributed by atoms with E-state index < -0.39 is 4.92 Å². The van der Waals surface area contributed by atoms with Crippen LogP contribution >= 0.6 is 11.6 Å². The predicted molar refractivity (Wildman–Crippen MR) is 76.3 cm³/mol. The lowest BCUT2D eigenvalue weighted by Crippen LogP contribution is -2.02. The van der Waals surface area contributed by atoms with Gasteiger partial charge in [0.15, 0.2) is 0 Å². The number of nitro benzene ring substituents is 1. The van der Waals surface area contributed by atoms with Crippen LogP contribution in [-0.4, -0.2) is 11.5 Å². The highest BCUT2D eigenvalue weighted by molar-refractivity contribution is 6.32. The third-order valence-corrected chi connectivity index (χ3v) is 3.18. The number of nitrogens with two attached hydrogens (primary N) is 1. The fraction of sp³-hybridized carbons (Fsp3) is 0.143. The van der Waals surface area contributed by atoms with Crippen LogP contribution < -0.4 is 5.73 Å². The fourth-order valence-electron chi connectivity index (χ4n) is 1.86. The molecule has 0 unspecified atom stereocenters. The minimum absolute atomic E-state index is 0.0785. The maximum absolute atomic E-state index is 10.9. The Morgan fingerprint density at radius 1 is 1.11 bits per heavy atom. The molecule has 5 heteroatoms. The predicted octanol–water partition coefficient (Wildman–Crippen LogP) is 3.42. The summed E-state index contributed by atoms with van der Waals surface area (Å²) in [6, 6.07) is 12.6. The summed E-state index contributed by atoms with van der Waals surface area (Å²) in [7, 11) is 0. The molecule has 0 radical (unpaired) electrons. The van der Waals surface area contributed by atoms with Gasteiger partial charge < -0.3 is 5.73 Å². The van der Waals surface area contributed by atoms with Crippen molar-refractivity contribution in [3.63, 3.8) is 0 Å². The molecule has 0 bridgehead atoms. The van der Waals surface area contributed by atoms with Crippen molar-refractivity contribution in [3.8, 4) is 11.1 Å². The van der Waals surface area contributed by atoms with Crippen molar-refractivity contribution in [2.24, 2.45) is 5.73 Å². The third-order valence-electron chi connectivity index (χ3n) is 2.86. The van der Waals surface area contributed by atoms with E-state index in [1.165, 1.54) is 6.07 Å². The third kappa shape index (κ3) is 3.10. The van der Waals surface area contributed by atoms with Crippen LogP contribution in [0.25, 0.3) is 11.1 Å². The highest BCUT2D eigenvalue weighted by Gasteiger charge is 2.13. The first-order valence-electron chi connectivity index (χ1n) is 5.85. The Kier molecular flexibility index (Phi) is 4.14. The summed E-state index contributed by atoms with van der Waals surface area (Å²) in [6.45, 7) is 0.603. The second-order valence-electron chi connectivity index (χ2n) is 4.16. The second kappa shape index (κ2) is 5.82. The van der Waals surface area contributed by atoms with Crippen molar-refractivity contribution in [1.82, 2.24) is 0 Å². The smallest absolute Gasteiger partial charge is 0.288 e. The number of nitrogens with zero attached hydrogens (tertiary/aromatic N) is 1. The molecule has 0 saturated heterocycles.